The third kappa shape index (κ3) is 3.30. The Labute approximate surface area is 117 Å². The molecule has 0 unspecified atom stereocenters. The number of carbonyl (C=O) groups is 1. The van der Waals surface area contributed by atoms with E-state index in [-0.39, 0.29) is 6.61 Å². The molecule has 0 radical (unpaired) electrons. The Kier molecular flexibility index (Phi) is 3.98. The molecule has 18 heavy (non-hydrogen) atoms. The highest BCUT2D eigenvalue weighted by atomic mass is 79.9. The lowest BCUT2D eigenvalue weighted by Gasteiger charge is -2.04. The molecule has 0 atom stereocenters. The van der Waals surface area contributed by atoms with Crippen molar-refractivity contribution in [3.8, 4) is 0 Å². The van der Waals surface area contributed by atoms with Crippen LogP contribution in [0.25, 0.3) is 0 Å². The van der Waals surface area contributed by atoms with Gasteiger partial charge in [-0.1, -0.05) is 15.9 Å². The summed E-state index contributed by atoms with van der Waals surface area (Å²) in [5.41, 5.74) is 7.53. The number of nitrogen functional groups attached to an aromatic ring is 1. The Bertz CT molecular complexity index is 563. The van der Waals surface area contributed by atoms with Crippen molar-refractivity contribution in [1.29, 1.82) is 0 Å². The van der Waals surface area contributed by atoms with E-state index in [1.54, 1.807) is 18.2 Å². The molecule has 0 aliphatic carbocycles. The topological polar surface area (TPSA) is 65.2 Å². The lowest BCUT2D eigenvalue weighted by molar-refractivity contribution is 0.0472. The summed E-state index contributed by atoms with van der Waals surface area (Å²) >= 11 is 4.75. The average molecular weight is 327 g/mol. The molecule has 4 nitrogen and oxygen atoms in total. The average Bonchev–Trinajstić information content (AvgIpc) is 2.70. The number of thiazole rings is 1. The van der Waals surface area contributed by atoms with Crippen molar-refractivity contribution in [3.63, 3.8) is 0 Å². The van der Waals surface area contributed by atoms with E-state index in [4.69, 9.17) is 10.5 Å². The van der Waals surface area contributed by atoms with Crippen LogP contribution >= 0.6 is 27.3 Å². The smallest absolute Gasteiger partial charge is 0.338 e. The van der Waals surface area contributed by atoms with Crippen molar-refractivity contribution in [2.24, 2.45) is 0 Å². The van der Waals surface area contributed by atoms with Crippen LogP contribution in [0.3, 0.4) is 0 Å². The van der Waals surface area contributed by atoms with Gasteiger partial charge in [0, 0.05) is 21.2 Å². The highest BCUT2D eigenvalue weighted by molar-refractivity contribution is 9.10. The minimum absolute atomic E-state index is 0.184. The lowest BCUT2D eigenvalue weighted by Crippen LogP contribution is -2.06. The van der Waals surface area contributed by atoms with E-state index in [1.807, 2.05) is 12.3 Å². The Balaban J connectivity index is 2.03. The predicted molar refractivity (Wildman–Crippen MR) is 74.5 cm³/mol. The molecule has 0 amide bonds. The Hall–Kier alpha value is -1.40. The van der Waals surface area contributed by atoms with Crippen molar-refractivity contribution in [2.45, 2.75) is 13.5 Å². The molecular weight excluding hydrogens is 316 g/mol. The van der Waals surface area contributed by atoms with Gasteiger partial charge < -0.3 is 10.5 Å². The van der Waals surface area contributed by atoms with E-state index in [1.165, 1.54) is 11.3 Å². The number of halogens is 1. The summed E-state index contributed by atoms with van der Waals surface area (Å²) in [4.78, 5) is 16.0. The van der Waals surface area contributed by atoms with Crippen LogP contribution in [0.15, 0.2) is 28.1 Å². The Morgan fingerprint density at radius 3 is 2.89 bits per heavy atom. The van der Waals surface area contributed by atoms with E-state index in [9.17, 15) is 4.79 Å². The molecule has 0 aliphatic rings. The van der Waals surface area contributed by atoms with Crippen molar-refractivity contribution < 1.29 is 9.53 Å². The molecule has 1 aromatic heterocycles. The van der Waals surface area contributed by atoms with Crippen molar-refractivity contribution in [3.05, 3.63) is 44.3 Å². The van der Waals surface area contributed by atoms with Gasteiger partial charge in [0.05, 0.1) is 5.56 Å². The van der Waals surface area contributed by atoms with Crippen LogP contribution in [0.2, 0.25) is 0 Å². The highest BCUT2D eigenvalue weighted by Crippen LogP contribution is 2.18. The number of esters is 1. The number of hydrogen-bond donors (Lipinski definition) is 1. The third-order valence-corrected chi connectivity index (χ3v) is 3.55. The van der Waals surface area contributed by atoms with E-state index in [0.717, 1.165) is 15.2 Å². The predicted octanol–water partition coefficient (Wildman–Crippen LogP) is 3.15. The van der Waals surface area contributed by atoms with E-state index >= 15 is 0 Å². The van der Waals surface area contributed by atoms with Crippen molar-refractivity contribution >= 4 is 38.9 Å². The molecule has 6 heteroatoms. The largest absolute Gasteiger partial charge is 0.455 e. The summed E-state index contributed by atoms with van der Waals surface area (Å²) < 4.78 is 5.92. The van der Waals surface area contributed by atoms with Crippen molar-refractivity contribution in [2.75, 3.05) is 5.73 Å². The minimum atomic E-state index is -0.407. The maximum atomic E-state index is 11.8. The van der Waals surface area contributed by atoms with Crippen molar-refractivity contribution in [1.82, 2.24) is 4.98 Å². The number of rotatable bonds is 3. The first-order valence-corrected chi connectivity index (χ1v) is 6.86. The quantitative estimate of drug-likeness (QED) is 0.695. The Morgan fingerprint density at radius 2 is 2.28 bits per heavy atom. The van der Waals surface area contributed by atoms with Gasteiger partial charge in [-0.2, -0.15) is 0 Å². The second kappa shape index (κ2) is 5.49. The van der Waals surface area contributed by atoms with Crippen LogP contribution in [0.1, 0.15) is 21.1 Å². The second-order valence-electron chi connectivity index (χ2n) is 3.73. The van der Waals surface area contributed by atoms with Crippen LogP contribution in [0.4, 0.5) is 5.69 Å². The first-order valence-electron chi connectivity index (χ1n) is 5.19. The van der Waals surface area contributed by atoms with Crippen LogP contribution < -0.4 is 5.73 Å². The normalized spacial score (nSPS) is 10.3. The zero-order chi connectivity index (χ0) is 13.1. The van der Waals surface area contributed by atoms with Gasteiger partial charge in [-0.05, 0) is 25.1 Å². The third-order valence-electron chi connectivity index (χ3n) is 2.15. The number of hydrogen-bond acceptors (Lipinski definition) is 5. The number of benzene rings is 1. The molecule has 2 aromatic rings. The number of carbonyl (C=O) groups excluding carboxylic acids is 1. The van der Waals surface area contributed by atoms with Gasteiger partial charge in [-0.3, -0.25) is 0 Å². The van der Waals surface area contributed by atoms with E-state index < -0.39 is 5.97 Å². The van der Waals surface area contributed by atoms with Gasteiger partial charge in [-0.25, -0.2) is 9.78 Å². The van der Waals surface area contributed by atoms with Gasteiger partial charge >= 0.3 is 5.97 Å². The number of anilines is 1. The lowest BCUT2D eigenvalue weighted by atomic mass is 10.2. The first kappa shape index (κ1) is 13.0. The molecule has 0 aliphatic heterocycles. The monoisotopic (exact) mass is 326 g/mol. The maximum absolute atomic E-state index is 11.8. The van der Waals surface area contributed by atoms with Gasteiger partial charge in [0.15, 0.2) is 0 Å². The van der Waals surface area contributed by atoms with Crippen LogP contribution in [0, 0.1) is 6.92 Å². The second-order valence-corrected chi connectivity index (χ2v) is 5.59. The van der Waals surface area contributed by atoms with Gasteiger partial charge in [0.1, 0.15) is 11.6 Å². The fraction of sp³-hybridized carbons (Fsp3) is 0.167. The van der Waals surface area contributed by atoms with Gasteiger partial charge in [0.25, 0.3) is 0 Å². The zero-order valence-corrected chi connectivity index (χ0v) is 12.0. The Morgan fingerprint density at radius 1 is 1.50 bits per heavy atom. The van der Waals surface area contributed by atoms with Crippen LogP contribution in [-0.2, 0) is 11.3 Å². The molecule has 0 fully saturated rings. The number of aromatic nitrogens is 1. The fourth-order valence-corrected chi connectivity index (χ4v) is 2.60. The minimum Gasteiger partial charge on any atom is -0.455 e. The standard InChI is InChI=1S/C12H11BrN2O2S/c1-7-6-18-11(15-7)5-17-12(16)8-2-9(13)4-10(14)3-8/h2-4,6H,5,14H2,1H3. The SMILES string of the molecule is Cc1csc(COC(=O)c2cc(N)cc(Br)c2)n1. The van der Waals surface area contributed by atoms with Gasteiger partial charge in [-0.15, -0.1) is 11.3 Å². The molecule has 1 heterocycles. The first-order chi connectivity index (χ1) is 8.54. The molecule has 0 saturated heterocycles. The molecule has 2 N–H and O–H groups in total. The molecule has 2 rings (SSSR count). The van der Waals surface area contributed by atoms with Gasteiger partial charge in [0.2, 0.25) is 0 Å². The maximum Gasteiger partial charge on any atom is 0.338 e. The number of ether oxygens (including phenoxy) is 1. The fourth-order valence-electron chi connectivity index (χ4n) is 1.41. The molecule has 1 aromatic carbocycles. The van der Waals surface area contributed by atoms with Crippen LogP contribution in [0.5, 0.6) is 0 Å². The van der Waals surface area contributed by atoms with E-state index in [2.05, 4.69) is 20.9 Å². The molecule has 0 spiro atoms. The van der Waals surface area contributed by atoms with E-state index in [0.29, 0.717) is 11.3 Å². The summed E-state index contributed by atoms with van der Waals surface area (Å²) in [5.74, 6) is -0.407. The van der Waals surface area contributed by atoms with Crippen LogP contribution in [-0.4, -0.2) is 11.0 Å². The summed E-state index contributed by atoms with van der Waals surface area (Å²) in [6, 6.07) is 4.98. The number of aryl methyl sites for hydroxylation is 1. The molecule has 0 saturated carbocycles. The molecular formula is C12H11BrN2O2S. The molecule has 94 valence electrons. The highest BCUT2D eigenvalue weighted by Gasteiger charge is 2.10. The summed E-state index contributed by atoms with van der Waals surface area (Å²) in [6.45, 7) is 2.08. The number of nitrogens with zero attached hydrogens (tertiary/aromatic N) is 1. The summed E-state index contributed by atoms with van der Waals surface area (Å²) in [6.07, 6.45) is 0. The number of nitrogens with two attached hydrogens (primary N) is 1. The summed E-state index contributed by atoms with van der Waals surface area (Å²) in [5, 5.41) is 2.70. The molecule has 0 bridgehead atoms. The zero-order valence-electron chi connectivity index (χ0n) is 9.64. The summed E-state index contributed by atoms with van der Waals surface area (Å²) in [7, 11) is 0.